The summed E-state index contributed by atoms with van der Waals surface area (Å²) < 4.78 is 5.90. The van der Waals surface area contributed by atoms with Gasteiger partial charge in [-0.2, -0.15) is 0 Å². The number of nitrogens with one attached hydrogen (secondary N) is 2. The minimum atomic E-state index is 0.309. The summed E-state index contributed by atoms with van der Waals surface area (Å²) in [7, 11) is 2.23. The van der Waals surface area contributed by atoms with Gasteiger partial charge in [-0.05, 0) is 94.1 Å². The molecule has 3 heterocycles. The molecule has 0 amide bonds. The van der Waals surface area contributed by atoms with Gasteiger partial charge in [-0.3, -0.25) is 10.3 Å². The minimum Gasteiger partial charge on any atom is -0.457 e. The van der Waals surface area contributed by atoms with Crippen LogP contribution in [0.4, 0.5) is 11.6 Å². The first kappa shape index (κ1) is 24.8. The first-order valence-corrected chi connectivity index (χ1v) is 13.8. The van der Waals surface area contributed by atoms with Gasteiger partial charge in [-0.15, -0.1) is 0 Å². The van der Waals surface area contributed by atoms with Gasteiger partial charge in [0.1, 0.15) is 29.5 Å². The number of aromatic nitrogens is 2. The number of para-hydroxylation sites is 1. The topological polar surface area (TPSA) is 103 Å². The number of nitrogen functional groups attached to an aromatic ring is 1. The average molecular weight is 512 g/mol. The number of piperidine rings is 1. The molecule has 38 heavy (non-hydrogen) atoms. The van der Waals surface area contributed by atoms with Crippen molar-refractivity contribution in [2.24, 2.45) is 11.8 Å². The fraction of sp³-hybridized carbons (Fsp3) is 0.433. The zero-order chi connectivity index (χ0) is 26.1. The van der Waals surface area contributed by atoms with E-state index in [0.717, 1.165) is 47.8 Å². The lowest BCUT2D eigenvalue weighted by atomic mass is 10.0. The molecule has 4 N–H and O–H groups in total. The summed E-state index contributed by atoms with van der Waals surface area (Å²) in [6.07, 6.45) is 6.35. The molecule has 2 saturated heterocycles. The summed E-state index contributed by atoms with van der Waals surface area (Å²) in [6, 6.07) is 18.3. The first-order chi connectivity index (χ1) is 18.5. The van der Waals surface area contributed by atoms with E-state index < -0.39 is 0 Å². The highest BCUT2D eigenvalue weighted by molar-refractivity contribution is 6.16. The summed E-state index contributed by atoms with van der Waals surface area (Å²) in [4.78, 5) is 13.9. The number of hydrogen-bond donors (Lipinski definition) is 3. The molecular weight excluding hydrogens is 474 g/mol. The van der Waals surface area contributed by atoms with Crippen LogP contribution in [0.5, 0.6) is 11.5 Å². The normalized spacial score (nSPS) is 24.3. The molecule has 2 atom stereocenters. The van der Waals surface area contributed by atoms with Crippen molar-refractivity contribution in [3.63, 3.8) is 0 Å². The SMILES string of the molecule is CN1CCC(N2CC3CC(Nc4ncnc(N)c4C(=N)c4ccc(Oc5ccccc5)cc4)CC3C2)CC1. The Kier molecular flexibility index (Phi) is 7.00. The molecule has 198 valence electrons. The minimum absolute atomic E-state index is 0.309. The highest BCUT2D eigenvalue weighted by atomic mass is 16.5. The third-order valence-electron chi connectivity index (χ3n) is 8.57. The van der Waals surface area contributed by atoms with Crippen molar-refractivity contribution in [1.82, 2.24) is 19.8 Å². The number of nitrogens with two attached hydrogens (primary N) is 1. The number of rotatable bonds is 7. The van der Waals surface area contributed by atoms with E-state index in [1.54, 1.807) is 0 Å². The quantitative estimate of drug-likeness (QED) is 0.402. The maximum Gasteiger partial charge on any atom is 0.141 e. The molecule has 3 aliphatic rings. The Morgan fingerprint density at radius 1 is 0.947 bits per heavy atom. The largest absolute Gasteiger partial charge is 0.457 e. The summed E-state index contributed by atoms with van der Waals surface area (Å²) in [5.74, 6) is 3.93. The Labute approximate surface area is 224 Å². The van der Waals surface area contributed by atoms with Crippen LogP contribution < -0.4 is 15.8 Å². The lowest BCUT2D eigenvalue weighted by Gasteiger charge is -2.35. The molecule has 3 aromatic rings. The van der Waals surface area contributed by atoms with Crippen LogP contribution in [0.1, 0.15) is 36.8 Å². The predicted molar refractivity (Wildman–Crippen MR) is 151 cm³/mol. The number of ether oxygens (including phenoxy) is 1. The van der Waals surface area contributed by atoms with Crippen LogP contribution in [-0.4, -0.2) is 70.8 Å². The van der Waals surface area contributed by atoms with E-state index in [2.05, 4.69) is 32.1 Å². The Hall–Kier alpha value is -3.49. The molecular formula is C30H37N7O. The van der Waals surface area contributed by atoms with Gasteiger partial charge in [0.25, 0.3) is 0 Å². The molecule has 3 fully saturated rings. The predicted octanol–water partition coefficient (Wildman–Crippen LogP) is 4.48. The van der Waals surface area contributed by atoms with Crippen LogP contribution >= 0.6 is 0 Å². The maximum atomic E-state index is 8.95. The maximum absolute atomic E-state index is 8.95. The standard InChI is InChI=1S/C30H37N7O/c1-36-13-11-24(12-14-36)37-17-21-15-23(16-22(21)18-37)35-30-27(29(32)33-19-34-30)28(31)20-7-9-26(10-8-20)38-25-5-3-2-4-6-25/h2-10,19,21-24,31H,11-18H2,1H3,(H3,32,33,34,35). The highest BCUT2D eigenvalue weighted by Gasteiger charge is 2.43. The van der Waals surface area contributed by atoms with Crippen molar-refractivity contribution in [1.29, 1.82) is 5.41 Å². The fourth-order valence-electron chi connectivity index (χ4n) is 6.52. The monoisotopic (exact) mass is 511 g/mol. The number of benzene rings is 2. The second-order valence-electron chi connectivity index (χ2n) is 11.1. The number of hydrogen-bond acceptors (Lipinski definition) is 8. The zero-order valence-corrected chi connectivity index (χ0v) is 22.0. The van der Waals surface area contributed by atoms with Crippen molar-refractivity contribution >= 4 is 17.3 Å². The van der Waals surface area contributed by atoms with Gasteiger partial charge in [-0.25, -0.2) is 9.97 Å². The van der Waals surface area contributed by atoms with Crippen LogP contribution in [-0.2, 0) is 0 Å². The second kappa shape index (κ2) is 10.7. The van der Waals surface area contributed by atoms with Crippen molar-refractivity contribution in [2.45, 2.75) is 37.8 Å². The molecule has 0 bridgehead atoms. The molecule has 2 aliphatic heterocycles. The Bertz CT molecular complexity index is 1240. The van der Waals surface area contributed by atoms with Crippen LogP contribution in [0.25, 0.3) is 0 Å². The second-order valence-corrected chi connectivity index (χ2v) is 11.1. The van der Waals surface area contributed by atoms with E-state index in [1.165, 1.54) is 45.3 Å². The average Bonchev–Trinajstić information content (AvgIpc) is 3.49. The van der Waals surface area contributed by atoms with Crippen molar-refractivity contribution < 1.29 is 4.74 Å². The Balaban J connectivity index is 1.11. The third-order valence-corrected chi connectivity index (χ3v) is 8.57. The number of nitrogens with zero attached hydrogens (tertiary/aromatic N) is 4. The molecule has 2 unspecified atom stereocenters. The molecule has 6 rings (SSSR count). The Morgan fingerprint density at radius 3 is 2.29 bits per heavy atom. The molecule has 1 saturated carbocycles. The molecule has 2 aromatic carbocycles. The molecule has 8 heteroatoms. The summed E-state index contributed by atoms with van der Waals surface area (Å²) in [5.41, 5.74) is 7.92. The highest BCUT2D eigenvalue weighted by Crippen LogP contribution is 2.41. The van der Waals surface area contributed by atoms with Crippen LogP contribution in [0.3, 0.4) is 0 Å². The molecule has 0 spiro atoms. The lowest BCUT2D eigenvalue weighted by molar-refractivity contribution is 0.135. The van der Waals surface area contributed by atoms with E-state index in [-0.39, 0.29) is 0 Å². The van der Waals surface area contributed by atoms with E-state index in [1.807, 2.05) is 54.6 Å². The smallest absolute Gasteiger partial charge is 0.141 e. The summed E-state index contributed by atoms with van der Waals surface area (Å²) >= 11 is 0. The van der Waals surface area contributed by atoms with Crippen molar-refractivity contribution in [3.8, 4) is 11.5 Å². The van der Waals surface area contributed by atoms with Crippen LogP contribution in [0, 0.1) is 17.2 Å². The van der Waals surface area contributed by atoms with E-state index in [4.69, 9.17) is 15.9 Å². The molecule has 1 aromatic heterocycles. The van der Waals surface area contributed by atoms with Crippen molar-refractivity contribution in [3.05, 3.63) is 72.1 Å². The fourth-order valence-corrected chi connectivity index (χ4v) is 6.52. The van der Waals surface area contributed by atoms with E-state index in [0.29, 0.717) is 29.0 Å². The number of anilines is 2. The molecule has 1 aliphatic carbocycles. The van der Waals surface area contributed by atoms with Gasteiger partial charge >= 0.3 is 0 Å². The van der Waals surface area contributed by atoms with Gasteiger partial charge in [0.15, 0.2) is 0 Å². The number of likely N-dealkylation sites (tertiary alicyclic amines) is 2. The Morgan fingerprint density at radius 2 is 1.61 bits per heavy atom. The number of fused-ring (bicyclic) bond motifs is 1. The van der Waals surface area contributed by atoms with E-state index in [9.17, 15) is 0 Å². The molecule has 8 nitrogen and oxygen atoms in total. The lowest BCUT2D eigenvalue weighted by Crippen LogP contribution is -2.43. The van der Waals surface area contributed by atoms with Gasteiger partial charge < -0.3 is 20.7 Å². The third kappa shape index (κ3) is 5.24. The van der Waals surface area contributed by atoms with Gasteiger partial charge in [-0.1, -0.05) is 18.2 Å². The van der Waals surface area contributed by atoms with Crippen LogP contribution in [0.15, 0.2) is 60.9 Å². The first-order valence-electron chi connectivity index (χ1n) is 13.8. The van der Waals surface area contributed by atoms with Crippen molar-refractivity contribution in [2.75, 3.05) is 44.3 Å². The van der Waals surface area contributed by atoms with Gasteiger partial charge in [0, 0.05) is 30.7 Å². The summed E-state index contributed by atoms with van der Waals surface area (Å²) in [6.45, 7) is 4.85. The summed E-state index contributed by atoms with van der Waals surface area (Å²) in [5, 5.41) is 12.6. The van der Waals surface area contributed by atoms with Gasteiger partial charge in [0.2, 0.25) is 0 Å². The zero-order valence-electron chi connectivity index (χ0n) is 22.0. The van der Waals surface area contributed by atoms with Crippen LogP contribution in [0.2, 0.25) is 0 Å². The van der Waals surface area contributed by atoms with E-state index >= 15 is 0 Å². The molecule has 0 radical (unpaired) electrons. The van der Waals surface area contributed by atoms with Gasteiger partial charge in [0.05, 0.1) is 11.3 Å².